The zero-order chi connectivity index (χ0) is 13.1. The molecule has 0 unspecified atom stereocenters. The van der Waals surface area contributed by atoms with E-state index in [1.54, 1.807) is 0 Å². The second-order valence-corrected chi connectivity index (χ2v) is 6.06. The first-order valence-corrected chi connectivity index (χ1v) is 7.83. The van der Waals surface area contributed by atoms with E-state index in [9.17, 15) is 0 Å². The number of hydrogen-bond acceptors (Lipinski definition) is 3. The van der Waals surface area contributed by atoms with Crippen LogP contribution in [0.2, 0.25) is 0 Å². The second kappa shape index (κ2) is 5.95. The van der Waals surface area contributed by atoms with Crippen LogP contribution in [-0.4, -0.2) is 19.0 Å². The summed E-state index contributed by atoms with van der Waals surface area (Å²) in [4.78, 5) is 4.61. The lowest BCUT2D eigenvalue weighted by atomic mass is 10.1. The molecule has 0 saturated heterocycles. The van der Waals surface area contributed by atoms with Crippen LogP contribution in [0.5, 0.6) is 5.75 Å². The van der Waals surface area contributed by atoms with Gasteiger partial charge < -0.3 is 10.1 Å². The molecule has 1 aromatic rings. The zero-order valence-corrected chi connectivity index (χ0v) is 12.6. The molecule has 3 nitrogen and oxygen atoms in total. The van der Waals surface area contributed by atoms with E-state index in [4.69, 9.17) is 4.74 Å². The summed E-state index contributed by atoms with van der Waals surface area (Å²) in [5.74, 6) is 2.23. The normalized spacial score (nSPS) is 18.3. The van der Waals surface area contributed by atoms with Crippen molar-refractivity contribution in [3.8, 4) is 5.75 Å². The van der Waals surface area contributed by atoms with Gasteiger partial charge in [0.15, 0.2) is 0 Å². The Morgan fingerprint density at radius 2 is 2.16 bits per heavy atom. The van der Waals surface area contributed by atoms with E-state index in [1.807, 2.05) is 0 Å². The van der Waals surface area contributed by atoms with Crippen molar-refractivity contribution in [2.24, 2.45) is 4.99 Å². The van der Waals surface area contributed by atoms with Crippen molar-refractivity contribution >= 4 is 21.8 Å². The molecular weight excluding hydrogens is 304 g/mol. The maximum absolute atomic E-state index is 5.75. The Balaban J connectivity index is 1.71. The molecular formula is C15H19BrN2O. The van der Waals surface area contributed by atoms with E-state index in [2.05, 4.69) is 38.4 Å². The van der Waals surface area contributed by atoms with Crippen LogP contribution in [0, 0.1) is 0 Å². The predicted octanol–water partition coefficient (Wildman–Crippen LogP) is 3.45. The monoisotopic (exact) mass is 322 g/mol. The maximum Gasteiger partial charge on any atom is 0.127 e. The molecule has 0 spiro atoms. The number of amidine groups is 1. The van der Waals surface area contributed by atoms with Crippen molar-refractivity contribution in [3.63, 3.8) is 0 Å². The van der Waals surface area contributed by atoms with Gasteiger partial charge in [-0.25, -0.2) is 0 Å². The summed E-state index contributed by atoms with van der Waals surface area (Å²) in [6, 6.07) is 4.31. The van der Waals surface area contributed by atoms with Gasteiger partial charge >= 0.3 is 0 Å². The Bertz CT molecular complexity index is 499. The van der Waals surface area contributed by atoms with Gasteiger partial charge in [-0.15, -0.1) is 0 Å². The number of halogens is 1. The molecule has 0 atom stereocenters. The highest BCUT2D eigenvalue weighted by molar-refractivity contribution is 9.10. The van der Waals surface area contributed by atoms with Crippen LogP contribution in [0.1, 0.15) is 36.8 Å². The van der Waals surface area contributed by atoms with Crippen LogP contribution in [-0.2, 0) is 13.0 Å². The SMILES string of the molecule is Brc1cc2c(c(CNC3=NCCCCC3)c1)OCC2. The molecule has 3 rings (SSSR count). The molecule has 0 bridgehead atoms. The first-order valence-electron chi connectivity index (χ1n) is 7.04. The Morgan fingerprint density at radius 3 is 3.11 bits per heavy atom. The molecule has 102 valence electrons. The number of nitrogens with one attached hydrogen (secondary N) is 1. The van der Waals surface area contributed by atoms with Crippen LogP contribution in [0.3, 0.4) is 0 Å². The highest BCUT2D eigenvalue weighted by Crippen LogP contribution is 2.32. The standard InChI is InChI=1S/C15H19BrN2O/c16-13-8-11-5-7-19-15(11)12(9-13)10-18-14-4-2-1-3-6-17-14/h8-9H,1-7,10H2,(H,17,18). The van der Waals surface area contributed by atoms with Gasteiger partial charge in [0.05, 0.1) is 12.4 Å². The van der Waals surface area contributed by atoms with Gasteiger partial charge in [0.1, 0.15) is 5.75 Å². The Morgan fingerprint density at radius 1 is 1.21 bits per heavy atom. The molecule has 2 aliphatic heterocycles. The molecule has 19 heavy (non-hydrogen) atoms. The van der Waals surface area contributed by atoms with Gasteiger partial charge in [0.2, 0.25) is 0 Å². The minimum atomic E-state index is 0.805. The molecule has 1 aromatic carbocycles. The number of ether oxygens (including phenoxy) is 1. The van der Waals surface area contributed by atoms with Crippen molar-refractivity contribution < 1.29 is 4.74 Å². The third kappa shape index (κ3) is 3.11. The number of benzene rings is 1. The minimum absolute atomic E-state index is 0.805. The number of hydrogen-bond donors (Lipinski definition) is 1. The number of nitrogens with zero attached hydrogens (tertiary/aromatic N) is 1. The topological polar surface area (TPSA) is 33.6 Å². The average molecular weight is 323 g/mol. The Labute approximate surface area is 122 Å². The van der Waals surface area contributed by atoms with E-state index in [0.29, 0.717) is 0 Å². The quantitative estimate of drug-likeness (QED) is 0.904. The molecule has 2 aliphatic rings. The van der Waals surface area contributed by atoms with E-state index in [0.717, 1.165) is 48.6 Å². The number of fused-ring (bicyclic) bond motifs is 1. The van der Waals surface area contributed by atoms with Gasteiger partial charge in [-0.3, -0.25) is 4.99 Å². The van der Waals surface area contributed by atoms with Gasteiger partial charge in [-0.05, 0) is 30.5 Å². The molecule has 0 radical (unpaired) electrons. The first kappa shape index (κ1) is 13.0. The van der Waals surface area contributed by atoms with Crippen LogP contribution >= 0.6 is 15.9 Å². The van der Waals surface area contributed by atoms with Gasteiger partial charge in [-0.2, -0.15) is 0 Å². The molecule has 0 aliphatic carbocycles. The van der Waals surface area contributed by atoms with Crippen molar-refractivity contribution in [1.29, 1.82) is 0 Å². The lowest BCUT2D eigenvalue weighted by Gasteiger charge is -2.12. The summed E-state index contributed by atoms with van der Waals surface area (Å²) in [6.45, 7) is 2.58. The van der Waals surface area contributed by atoms with E-state index < -0.39 is 0 Å². The lowest BCUT2D eigenvalue weighted by molar-refractivity contribution is 0.353. The summed E-state index contributed by atoms with van der Waals surface area (Å²) >= 11 is 3.58. The number of aliphatic imine (C=N–C) groups is 1. The van der Waals surface area contributed by atoms with E-state index in [-0.39, 0.29) is 0 Å². The Kier molecular flexibility index (Phi) is 4.06. The third-order valence-corrected chi connectivity index (χ3v) is 4.14. The fourth-order valence-electron chi connectivity index (χ4n) is 2.69. The van der Waals surface area contributed by atoms with Crippen molar-refractivity contribution in [2.45, 2.75) is 38.6 Å². The van der Waals surface area contributed by atoms with Crippen molar-refractivity contribution in [3.05, 3.63) is 27.7 Å². The fourth-order valence-corrected chi connectivity index (χ4v) is 3.25. The summed E-state index contributed by atoms with van der Waals surface area (Å²) in [7, 11) is 0. The molecule has 2 heterocycles. The molecule has 4 heteroatoms. The second-order valence-electron chi connectivity index (χ2n) is 5.14. The first-order chi connectivity index (χ1) is 9.33. The zero-order valence-electron chi connectivity index (χ0n) is 11.0. The number of rotatable bonds is 2. The summed E-state index contributed by atoms with van der Waals surface area (Å²) < 4.78 is 6.88. The highest BCUT2D eigenvalue weighted by atomic mass is 79.9. The molecule has 0 amide bonds. The molecule has 1 N–H and O–H groups in total. The van der Waals surface area contributed by atoms with Crippen LogP contribution in [0.25, 0.3) is 0 Å². The molecule has 0 fully saturated rings. The molecule has 0 aromatic heterocycles. The van der Waals surface area contributed by atoms with Gasteiger partial charge in [0, 0.05) is 36.0 Å². The van der Waals surface area contributed by atoms with Crippen molar-refractivity contribution in [1.82, 2.24) is 5.32 Å². The van der Waals surface area contributed by atoms with Crippen LogP contribution in [0.4, 0.5) is 0 Å². The lowest BCUT2D eigenvalue weighted by Crippen LogP contribution is -2.23. The van der Waals surface area contributed by atoms with Gasteiger partial charge in [0.25, 0.3) is 0 Å². The highest BCUT2D eigenvalue weighted by Gasteiger charge is 2.17. The summed E-state index contributed by atoms with van der Waals surface area (Å²) in [5.41, 5.74) is 2.54. The predicted molar refractivity (Wildman–Crippen MR) is 81.0 cm³/mol. The van der Waals surface area contributed by atoms with E-state index in [1.165, 1.54) is 30.4 Å². The average Bonchev–Trinajstić information content (AvgIpc) is 2.71. The third-order valence-electron chi connectivity index (χ3n) is 3.68. The van der Waals surface area contributed by atoms with Crippen LogP contribution < -0.4 is 10.1 Å². The largest absolute Gasteiger partial charge is 0.493 e. The molecule has 0 saturated carbocycles. The van der Waals surface area contributed by atoms with E-state index >= 15 is 0 Å². The fraction of sp³-hybridized carbons (Fsp3) is 0.533. The van der Waals surface area contributed by atoms with Crippen molar-refractivity contribution in [2.75, 3.05) is 13.2 Å². The summed E-state index contributed by atoms with van der Waals surface area (Å²) in [6.07, 6.45) is 5.86. The van der Waals surface area contributed by atoms with Gasteiger partial charge in [-0.1, -0.05) is 22.4 Å². The van der Waals surface area contributed by atoms with Crippen LogP contribution in [0.15, 0.2) is 21.6 Å². The smallest absolute Gasteiger partial charge is 0.127 e. The maximum atomic E-state index is 5.75. The Hall–Kier alpha value is -1.03. The summed E-state index contributed by atoms with van der Waals surface area (Å²) in [5, 5.41) is 3.48. The minimum Gasteiger partial charge on any atom is -0.493 e.